The number of hydrogen-bond acceptors (Lipinski definition) is 18. The van der Waals surface area contributed by atoms with E-state index in [1.807, 2.05) is 77.1 Å². The lowest BCUT2D eigenvalue weighted by Crippen LogP contribution is -2.61. The Bertz CT molecular complexity index is 2730. The molecule has 0 aromatic carbocycles. The molecule has 1 unspecified atom stereocenters. The maximum atomic E-state index is 14.4. The van der Waals surface area contributed by atoms with Crippen molar-refractivity contribution in [3.05, 3.63) is 77.7 Å². The minimum absolute atomic E-state index is 0.0193. The van der Waals surface area contributed by atoms with E-state index in [2.05, 4.69) is 4.98 Å². The third kappa shape index (κ3) is 21.2. The summed E-state index contributed by atoms with van der Waals surface area (Å²) >= 11 is 0. The van der Waals surface area contributed by atoms with Crippen molar-refractivity contribution < 1.29 is 82.1 Å². The Morgan fingerprint density at radius 1 is 0.857 bits per heavy atom. The average Bonchev–Trinajstić information content (AvgIpc) is 1.20. The van der Waals surface area contributed by atoms with Crippen molar-refractivity contribution in [3.63, 3.8) is 0 Å². The minimum atomic E-state index is -2.43. The molecule has 5 aliphatic rings. The highest BCUT2D eigenvalue weighted by Crippen LogP contribution is 2.38. The number of pyridine rings is 1. The molecule has 4 aliphatic heterocycles. The summed E-state index contributed by atoms with van der Waals surface area (Å²) < 4.78 is 34.7. The molecule has 91 heavy (non-hydrogen) atoms. The first-order valence-electron chi connectivity index (χ1n) is 33.2. The van der Waals surface area contributed by atoms with Gasteiger partial charge in [-0.25, -0.2) is 9.59 Å². The zero-order valence-corrected chi connectivity index (χ0v) is 56.5. The fourth-order valence-corrected chi connectivity index (χ4v) is 13.0. The van der Waals surface area contributed by atoms with Crippen molar-refractivity contribution >= 4 is 46.9 Å². The molecule has 20 heteroatoms. The molecule has 1 aliphatic carbocycles. The summed E-state index contributed by atoms with van der Waals surface area (Å²) in [4.78, 5) is 115. The lowest BCUT2D eigenvalue weighted by atomic mass is 9.78. The zero-order chi connectivity index (χ0) is 67.3. The molecule has 4 fully saturated rings. The van der Waals surface area contributed by atoms with Gasteiger partial charge in [0, 0.05) is 82.8 Å². The lowest BCUT2D eigenvalue weighted by molar-refractivity contribution is -0.265. The van der Waals surface area contributed by atoms with Gasteiger partial charge in [-0.15, -0.1) is 0 Å². The summed E-state index contributed by atoms with van der Waals surface area (Å²) in [7, 11) is 4.52. The number of amides is 2. The summed E-state index contributed by atoms with van der Waals surface area (Å²) in [5.41, 5.74) is 1.65. The number of likely N-dealkylation sites (tertiary alicyclic amines) is 1. The van der Waals surface area contributed by atoms with Crippen LogP contribution < -0.4 is 0 Å². The number of rotatable bonds is 14. The predicted octanol–water partition coefficient (Wildman–Crippen LogP) is 8.73. The second kappa shape index (κ2) is 36.2. The van der Waals surface area contributed by atoms with Gasteiger partial charge in [-0.3, -0.25) is 33.8 Å². The van der Waals surface area contributed by atoms with E-state index in [0.29, 0.717) is 102 Å². The van der Waals surface area contributed by atoms with Gasteiger partial charge in [-0.2, -0.15) is 0 Å². The quantitative estimate of drug-likeness (QED) is 0.0679. The van der Waals surface area contributed by atoms with E-state index >= 15 is 0 Å². The summed E-state index contributed by atoms with van der Waals surface area (Å²) in [6.45, 7) is 18.9. The van der Waals surface area contributed by atoms with Gasteiger partial charge in [0.2, 0.25) is 11.6 Å². The second-order valence-electron chi connectivity index (χ2n) is 26.9. The van der Waals surface area contributed by atoms with E-state index in [9.17, 15) is 53.7 Å². The van der Waals surface area contributed by atoms with Gasteiger partial charge in [0.1, 0.15) is 36.2 Å². The summed E-state index contributed by atoms with van der Waals surface area (Å²) in [6, 6.07) is 2.07. The number of ether oxygens (including phenoxy) is 6. The van der Waals surface area contributed by atoms with Crippen LogP contribution in [0.1, 0.15) is 178 Å². The first-order chi connectivity index (χ1) is 43.1. The van der Waals surface area contributed by atoms with E-state index in [4.69, 9.17) is 28.4 Å². The normalized spacial score (nSPS) is 32.9. The Morgan fingerprint density at radius 2 is 1.59 bits per heavy atom. The molecule has 1 saturated carbocycles. The van der Waals surface area contributed by atoms with E-state index < -0.39 is 113 Å². The molecule has 0 radical (unpaired) electrons. The summed E-state index contributed by atoms with van der Waals surface area (Å²) in [5, 5.41) is 33.8. The maximum absolute atomic E-state index is 14.4. The largest absolute Gasteiger partial charge is 0.464 e. The van der Waals surface area contributed by atoms with Crippen molar-refractivity contribution in [1.29, 1.82) is 0 Å². The number of aliphatic hydroxyl groups is 3. The number of hydrogen-bond donors (Lipinski definition) is 3. The second-order valence-corrected chi connectivity index (χ2v) is 26.9. The van der Waals surface area contributed by atoms with Crippen LogP contribution in [-0.2, 0) is 73.2 Å². The number of aryl methyl sites for hydroxylation is 1. The van der Waals surface area contributed by atoms with Crippen molar-refractivity contribution in [2.24, 2.45) is 40.9 Å². The maximum Gasteiger partial charge on any atom is 0.329 e. The monoisotopic (exact) mass is 1270 g/mol. The number of ketones is 4. The van der Waals surface area contributed by atoms with E-state index in [0.717, 1.165) is 24.0 Å². The number of aromatic nitrogens is 1. The number of nitrogens with zero attached hydrogens (tertiary/aromatic N) is 3. The molecule has 0 spiro atoms. The third-order valence-electron chi connectivity index (χ3n) is 19.5. The van der Waals surface area contributed by atoms with Gasteiger partial charge in [0.25, 0.3) is 17.6 Å². The average molecular weight is 1270 g/mol. The highest BCUT2D eigenvalue weighted by molar-refractivity contribution is 6.39. The Labute approximate surface area is 540 Å². The molecular formula is C71H107N3O17. The first kappa shape index (κ1) is 76.1. The van der Waals surface area contributed by atoms with Gasteiger partial charge >= 0.3 is 11.9 Å². The standard InChI is InChI=1S/C51H79NO13.C20H28N2O4/c1-30-16-12-11-13-17-31(2)42(61-8)28-38-21-19-36(7)51(60,65-38)48(57)49(58)52-23-15-14-18-39(52)50(59)64-43(33(4)26-37-20-22-40(53)44(27-37)62-9)29-41(54)32(3)25-35(6)46(56)47(63-10)45(55)34(5)24-30;1-4-20(2,3)17(23)18(24)22-12-6-10-16(22)19(25)26-13-7-9-15-8-5-11-21-14-15/h11-13,16-17,25,30,32-34,36-40,42-44,46-47,53,56,60H,14-15,18-24,26-29H2,1-10H3;5,8,11,14,16H,4,6-7,9-10,12-13H2,1-3H3/b13-11?,16-12+,31-17?,35-25+;/t30-,32-,33-,34-,36-,37+,38+,39+,40-,42+,43+,44-,46-,47+,51-;/m1./s1. The Balaban J connectivity index is 0.000000480. The highest BCUT2D eigenvalue weighted by Gasteiger charge is 2.53. The van der Waals surface area contributed by atoms with Crippen molar-refractivity contribution in [1.82, 2.24) is 14.8 Å². The fraction of sp³-hybridized carbons (Fsp3) is 0.704. The number of esters is 2. The van der Waals surface area contributed by atoms with E-state index in [1.54, 1.807) is 67.3 Å². The molecule has 508 valence electrons. The molecule has 5 heterocycles. The molecule has 1 aromatic rings. The molecule has 20 nitrogen and oxygen atoms in total. The van der Waals surface area contributed by atoms with Gasteiger partial charge in [0.15, 0.2) is 5.78 Å². The molecular weight excluding hydrogens is 1170 g/mol. The molecule has 6 rings (SSSR count). The molecule has 16 atom stereocenters. The minimum Gasteiger partial charge on any atom is -0.464 e. The number of Topliss-reactive ketones (excluding diaryl/α,β-unsaturated/α-hetero) is 4. The Kier molecular flexibility index (Phi) is 30.2. The molecule has 2 amide bonds. The Hall–Kier alpha value is -5.61. The molecule has 3 saturated heterocycles. The number of fused-ring (bicyclic) bond motifs is 3. The van der Waals surface area contributed by atoms with Crippen LogP contribution in [0, 0.1) is 40.9 Å². The van der Waals surface area contributed by atoms with Gasteiger partial charge in [-0.1, -0.05) is 97.9 Å². The van der Waals surface area contributed by atoms with Crippen molar-refractivity contribution in [2.45, 2.75) is 239 Å². The predicted molar refractivity (Wildman–Crippen MR) is 342 cm³/mol. The van der Waals surface area contributed by atoms with Crippen LogP contribution in [0.2, 0.25) is 0 Å². The molecule has 2 bridgehead atoms. The lowest BCUT2D eigenvalue weighted by Gasteiger charge is -2.42. The van der Waals surface area contributed by atoms with Crippen LogP contribution in [0.4, 0.5) is 0 Å². The number of allylic oxidation sites excluding steroid dienone is 6. The molecule has 1 aromatic heterocycles. The summed E-state index contributed by atoms with van der Waals surface area (Å²) in [6.07, 6.45) is 18.0. The molecule has 3 N–H and O–H groups in total. The van der Waals surface area contributed by atoms with Crippen molar-refractivity contribution in [3.8, 4) is 0 Å². The zero-order valence-electron chi connectivity index (χ0n) is 56.5. The van der Waals surface area contributed by atoms with E-state index in [1.165, 1.54) is 16.9 Å². The van der Waals surface area contributed by atoms with Gasteiger partial charge in [-0.05, 0) is 151 Å². The van der Waals surface area contributed by atoms with Gasteiger partial charge < -0.3 is 53.5 Å². The number of aliphatic hydroxyl groups excluding tert-OH is 2. The number of methoxy groups -OCH3 is 3. The topological polar surface area (TPSA) is 272 Å². The smallest absolute Gasteiger partial charge is 0.329 e. The van der Waals surface area contributed by atoms with Crippen LogP contribution >= 0.6 is 0 Å². The van der Waals surface area contributed by atoms with Crippen molar-refractivity contribution in [2.75, 3.05) is 41.0 Å². The van der Waals surface area contributed by atoms with Crippen LogP contribution in [0.25, 0.3) is 0 Å². The highest BCUT2D eigenvalue weighted by atomic mass is 16.6. The van der Waals surface area contributed by atoms with Crippen LogP contribution in [-0.4, -0.2) is 179 Å². The van der Waals surface area contributed by atoms with Crippen LogP contribution in [0.15, 0.2) is 72.1 Å². The number of carbonyl (C=O) groups excluding carboxylic acids is 8. The van der Waals surface area contributed by atoms with E-state index in [-0.39, 0.29) is 54.8 Å². The fourth-order valence-electron chi connectivity index (χ4n) is 13.0. The first-order valence-corrected chi connectivity index (χ1v) is 33.2. The summed E-state index contributed by atoms with van der Waals surface area (Å²) in [5.74, 6) is -9.37. The number of piperidine rings is 1. The van der Waals surface area contributed by atoms with Crippen LogP contribution in [0.5, 0.6) is 0 Å². The SMILES string of the molecule is CCC(C)(C)C(=O)C(=O)N1CCCC1C(=O)OCCCc1cccnc1.CO[C@H]1C[C@@H]2CC[C@@H](C)[C@@](O)(O2)C(=O)C(=O)N2CCCC[C@H]2C(=O)O[C@H]([C@H](C)C[C@@H]2CC[C@@H](O)[C@H](OC)C2)CC(=O)[C@H](C)/C=C(\C)[C@@H](O)[C@@H](OC)C(=O)[C@H](C)C[C@H](C)/C=C/C=CC=C1C. The Morgan fingerprint density at radius 3 is 2.26 bits per heavy atom. The van der Waals surface area contributed by atoms with Gasteiger partial charge in [0.05, 0.1) is 31.0 Å². The number of cyclic esters (lactones) is 1. The third-order valence-corrected chi connectivity index (χ3v) is 19.5. The van der Waals surface area contributed by atoms with Crippen LogP contribution in [0.3, 0.4) is 0 Å². The number of carbonyl (C=O) groups is 8.